The number of halogens is 4. The maximum Gasteiger partial charge on any atom is 0.673 e. The van der Waals surface area contributed by atoms with E-state index in [4.69, 9.17) is 0 Å². The molecule has 0 spiro atoms. The zero-order valence-corrected chi connectivity index (χ0v) is 20.7. The van der Waals surface area contributed by atoms with Crippen molar-refractivity contribution in [2.24, 2.45) is 0 Å². The second kappa shape index (κ2) is 10.4. The minimum Gasteiger partial charge on any atom is -0.418 e. The Hall–Kier alpha value is -2.78. The van der Waals surface area contributed by atoms with E-state index in [1.807, 2.05) is 0 Å². The van der Waals surface area contributed by atoms with Crippen LogP contribution in [0.1, 0.15) is 16.7 Å². The molecule has 0 aromatic heterocycles. The van der Waals surface area contributed by atoms with Crippen LogP contribution in [0.4, 0.5) is 17.3 Å². The van der Waals surface area contributed by atoms with Gasteiger partial charge in [-0.1, -0.05) is 0 Å². The first-order chi connectivity index (χ1) is 15.6. The van der Waals surface area contributed by atoms with E-state index in [1.165, 1.54) is 29.7 Å². The first kappa shape index (κ1) is 24.9. The summed E-state index contributed by atoms with van der Waals surface area (Å²) in [5.41, 5.74) is 4.14. The van der Waals surface area contributed by atoms with Gasteiger partial charge < -0.3 is 17.3 Å². The third kappa shape index (κ3) is 5.78. The van der Waals surface area contributed by atoms with E-state index in [0.717, 1.165) is 0 Å². The summed E-state index contributed by atoms with van der Waals surface area (Å²) in [6.07, 6.45) is 0. The van der Waals surface area contributed by atoms with Gasteiger partial charge in [0.1, 0.15) is 0 Å². The molecule has 0 atom stereocenters. The maximum absolute atomic E-state index is 9.75. The molecule has 0 aliphatic rings. The van der Waals surface area contributed by atoms with E-state index in [2.05, 4.69) is 124 Å². The number of hydrogen-bond acceptors (Lipinski definition) is 0. The summed E-state index contributed by atoms with van der Waals surface area (Å²) in [5.74, 6) is 0. The fraction of sp³-hybridized carbons (Fsp3) is 0.111. The SMILES string of the molecule is Cc1cc(C)c([As+](c2ccccc2)(c2ccccc2)c2ccccc2)c(C)c1.F[B-](F)(F)F. The smallest absolute Gasteiger partial charge is 0.418 e. The van der Waals surface area contributed by atoms with Gasteiger partial charge in [0.15, 0.2) is 0 Å². The minimum absolute atomic E-state index is 1.33. The van der Waals surface area contributed by atoms with Gasteiger partial charge in [-0.2, -0.15) is 0 Å². The maximum atomic E-state index is 9.75. The Kier molecular flexibility index (Phi) is 7.86. The van der Waals surface area contributed by atoms with Gasteiger partial charge in [0.2, 0.25) is 0 Å². The van der Waals surface area contributed by atoms with Crippen LogP contribution in [0.15, 0.2) is 103 Å². The zero-order chi connectivity index (χ0) is 24.1. The van der Waals surface area contributed by atoms with Crippen molar-refractivity contribution in [2.45, 2.75) is 20.8 Å². The molecule has 0 fully saturated rings. The molecular weight excluding hydrogens is 486 g/mol. The number of rotatable bonds is 4. The number of hydrogen-bond donors (Lipinski definition) is 0. The van der Waals surface area contributed by atoms with Gasteiger partial charge in [0, 0.05) is 0 Å². The molecule has 0 saturated carbocycles. The van der Waals surface area contributed by atoms with Gasteiger partial charge in [0.25, 0.3) is 0 Å². The van der Waals surface area contributed by atoms with Crippen molar-refractivity contribution in [1.29, 1.82) is 0 Å². The first-order valence-corrected chi connectivity index (χ1v) is 14.4. The van der Waals surface area contributed by atoms with Crippen LogP contribution in [0, 0.1) is 20.8 Å². The van der Waals surface area contributed by atoms with Crippen LogP contribution >= 0.6 is 0 Å². The van der Waals surface area contributed by atoms with Crippen molar-refractivity contribution in [2.75, 3.05) is 0 Å². The third-order valence-electron chi connectivity index (χ3n) is 5.40. The molecule has 6 heteroatoms. The Labute approximate surface area is 195 Å². The van der Waals surface area contributed by atoms with E-state index in [-0.39, 0.29) is 0 Å². The molecule has 0 radical (unpaired) electrons. The number of aryl methyl sites for hydroxylation is 3. The second-order valence-corrected chi connectivity index (χ2v) is 14.9. The Morgan fingerprint density at radius 2 is 0.788 bits per heavy atom. The summed E-state index contributed by atoms with van der Waals surface area (Å²) in [6.45, 7) is 6.78. The summed E-state index contributed by atoms with van der Waals surface area (Å²) < 4.78 is 44.9. The molecule has 4 aromatic carbocycles. The summed E-state index contributed by atoms with van der Waals surface area (Å²) in [7, 11) is -6.00. The topological polar surface area (TPSA) is 0 Å². The molecular formula is C27H26AsBF4. The Bertz CT molecular complexity index is 1050. The van der Waals surface area contributed by atoms with Gasteiger partial charge >= 0.3 is 179 Å². The van der Waals surface area contributed by atoms with Crippen molar-refractivity contribution in [3.8, 4) is 0 Å². The van der Waals surface area contributed by atoms with Crippen LogP contribution in [0.2, 0.25) is 0 Å². The molecule has 0 amide bonds. The molecule has 4 rings (SSSR count). The zero-order valence-electron chi connectivity index (χ0n) is 18.9. The average molecular weight is 512 g/mol. The number of benzene rings is 4. The summed E-state index contributed by atoms with van der Waals surface area (Å²) in [5, 5.41) is 0. The van der Waals surface area contributed by atoms with Gasteiger partial charge in [-0.3, -0.25) is 0 Å². The van der Waals surface area contributed by atoms with Crippen LogP contribution in [0.25, 0.3) is 0 Å². The van der Waals surface area contributed by atoms with Crippen molar-refractivity contribution >= 4 is 38.2 Å². The Balaban J connectivity index is 0.000000555. The van der Waals surface area contributed by atoms with Crippen LogP contribution in [0.3, 0.4) is 0 Å². The predicted molar refractivity (Wildman–Crippen MR) is 134 cm³/mol. The van der Waals surface area contributed by atoms with E-state index >= 15 is 0 Å². The summed E-state index contributed by atoms with van der Waals surface area (Å²) in [6, 6.07) is 38.3. The van der Waals surface area contributed by atoms with Crippen molar-refractivity contribution in [3.05, 3.63) is 120 Å². The molecule has 0 aliphatic carbocycles. The summed E-state index contributed by atoms with van der Waals surface area (Å²) >= 11 is -2.90. The van der Waals surface area contributed by atoms with Gasteiger partial charge in [0.05, 0.1) is 0 Å². The van der Waals surface area contributed by atoms with Gasteiger partial charge in [-0.15, -0.1) is 0 Å². The van der Waals surface area contributed by atoms with Crippen molar-refractivity contribution in [1.82, 2.24) is 0 Å². The second-order valence-electron chi connectivity index (χ2n) is 7.92. The fourth-order valence-corrected chi connectivity index (χ4v) is 14.4. The van der Waals surface area contributed by atoms with E-state index in [0.29, 0.717) is 0 Å². The molecule has 0 unspecified atom stereocenters. The molecule has 0 heterocycles. The molecule has 33 heavy (non-hydrogen) atoms. The van der Waals surface area contributed by atoms with Gasteiger partial charge in [-0.25, -0.2) is 0 Å². The van der Waals surface area contributed by atoms with Crippen LogP contribution in [-0.4, -0.2) is 20.8 Å². The van der Waals surface area contributed by atoms with Crippen molar-refractivity contribution in [3.63, 3.8) is 0 Å². The summed E-state index contributed by atoms with van der Waals surface area (Å²) in [4.78, 5) is 0. The average Bonchev–Trinajstić information content (AvgIpc) is 2.77. The first-order valence-electron chi connectivity index (χ1n) is 10.7. The molecule has 0 nitrogen and oxygen atoms in total. The largest absolute Gasteiger partial charge is 0.673 e. The molecule has 0 bridgehead atoms. The Morgan fingerprint density at radius 1 is 0.515 bits per heavy atom. The monoisotopic (exact) mass is 512 g/mol. The fourth-order valence-electron chi connectivity index (χ4n) is 4.49. The van der Waals surface area contributed by atoms with E-state index < -0.39 is 20.8 Å². The van der Waals surface area contributed by atoms with E-state index in [1.54, 1.807) is 4.35 Å². The Morgan fingerprint density at radius 3 is 1.06 bits per heavy atom. The van der Waals surface area contributed by atoms with Crippen LogP contribution in [-0.2, 0) is 0 Å². The predicted octanol–water partition coefficient (Wildman–Crippen LogP) is 5.29. The minimum atomic E-state index is -6.00. The third-order valence-corrected chi connectivity index (χ3v) is 15.0. The quantitative estimate of drug-likeness (QED) is 0.258. The van der Waals surface area contributed by atoms with Crippen molar-refractivity contribution < 1.29 is 17.3 Å². The van der Waals surface area contributed by atoms with Crippen LogP contribution < -0.4 is 17.4 Å². The standard InChI is InChI=1S/C27H26As.BF4/c1-21-19-22(2)27(23(3)20-21)28(24-13-7-4-8-14-24,25-15-9-5-10-16-25)26-17-11-6-12-18-26;2-1(3,4)5/h4-20H,1-3H3;/q+1;-1. The molecule has 0 N–H and O–H groups in total. The van der Waals surface area contributed by atoms with Crippen LogP contribution in [0.5, 0.6) is 0 Å². The molecule has 4 aromatic rings. The molecule has 0 saturated heterocycles. The van der Waals surface area contributed by atoms with Gasteiger partial charge in [-0.05, 0) is 0 Å². The molecule has 0 aliphatic heterocycles. The normalized spacial score (nSPS) is 11.5. The molecule has 170 valence electrons. The van der Waals surface area contributed by atoms with E-state index in [9.17, 15) is 17.3 Å².